The van der Waals surface area contributed by atoms with Gasteiger partial charge in [-0.25, -0.2) is 0 Å². The van der Waals surface area contributed by atoms with Crippen molar-refractivity contribution < 1.29 is 0 Å². The van der Waals surface area contributed by atoms with E-state index in [9.17, 15) is 4.79 Å². The number of benzene rings is 1. The van der Waals surface area contributed by atoms with Crippen molar-refractivity contribution in [1.82, 2.24) is 4.57 Å². The van der Waals surface area contributed by atoms with Gasteiger partial charge in [-0.2, -0.15) is 12.6 Å². The molecule has 2 nitrogen and oxygen atoms in total. The Labute approximate surface area is 107 Å². The van der Waals surface area contributed by atoms with Gasteiger partial charge in [-0.15, -0.1) is 0 Å². The Balaban J connectivity index is 2.25. The molecular formula is C14H17NOS. The molecule has 0 aliphatic heterocycles. The van der Waals surface area contributed by atoms with E-state index in [0.29, 0.717) is 0 Å². The Morgan fingerprint density at radius 2 is 1.82 bits per heavy atom. The summed E-state index contributed by atoms with van der Waals surface area (Å²) in [6.07, 6.45) is 3.27. The SMILES string of the molecule is O=c1ccc2ccccc2n1CCCCCS. The molecule has 0 unspecified atom stereocenters. The maximum Gasteiger partial charge on any atom is 0.251 e. The zero-order chi connectivity index (χ0) is 12.1. The molecule has 1 heterocycles. The van der Waals surface area contributed by atoms with Crippen LogP contribution in [0.25, 0.3) is 10.9 Å². The van der Waals surface area contributed by atoms with E-state index in [4.69, 9.17) is 0 Å². The lowest BCUT2D eigenvalue weighted by Crippen LogP contribution is -2.19. The van der Waals surface area contributed by atoms with Gasteiger partial charge in [-0.3, -0.25) is 4.79 Å². The van der Waals surface area contributed by atoms with Gasteiger partial charge in [-0.1, -0.05) is 24.6 Å². The Morgan fingerprint density at radius 1 is 1.00 bits per heavy atom. The molecule has 1 aromatic carbocycles. The molecule has 2 rings (SSSR count). The summed E-state index contributed by atoms with van der Waals surface area (Å²) in [6, 6.07) is 11.6. The molecule has 0 aliphatic carbocycles. The van der Waals surface area contributed by atoms with E-state index >= 15 is 0 Å². The maximum atomic E-state index is 11.8. The average molecular weight is 247 g/mol. The van der Waals surface area contributed by atoms with Crippen LogP contribution in [0.5, 0.6) is 0 Å². The summed E-state index contributed by atoms with van der Waals surface area (Å²) in [7, 11) is 0. The fourth-order valence-corrected chi connectivity index (χ4v) is 2.26. The van der Waals surface area contributed by atoms with Crippen molar-refractivity contribution in [2.24, 2.45) is 0 Å². The number of hydrogen-bond donors (Lipinski definition) is 1. The Hall–Kier alpha value is -1.22. The van der Waals surface area contributed by atoms with Gasteiger partial charge in [0.25, 0.3) is 5.56 Å². The van der Waals surface area contributed by atoms with Gasteiger partial charge >= 0.3 is 0 Å². The van der Waals surface area contributed by atoms with Crippen molar-refractivity contribution in [3.8, 4) is 0 Å². The number of pyridine rings is 1. The standard InChI is InChI=1S/C14H17NOS/c16-14-9-8-12-6-2-3-7-13(12)15(14)10-4-1-5-11-17/h2-3,6-9,17H,1,4-5,10-11H2. The predicted octanol–water partition coefficient (Wildman–Crippen LogP) is 3.10. The highest BCUT2D eigenvalue weighted by molar-refractivity contribution is 7.80. The van der Waals surface area contributed by atoms with Crippen molar-refractivity contribution in [2.45, 2.75) is 25.8 Å². The minimum atomic E-state index is 0.0922. The lowest BCUT2D eigenvalue weighted by molar-refractivity contribution is 0.605. The number of nitrogens with zero attached hydrogens (tertiary/aromatic N) is 1. The van der Waals surface area contributed by atoms with Crippen LogP contribution in [0.15, 0.2) is 41.2 Å². The lowest BCUT2D eigenvalue weighted by atomic mass is 10.2. The molecule has 0 fully saturated rings. The van der Waals surface area contributed by atoms with Crippen LogP contribution in [0.1, 0.15) is 19.3 Å². The fourth-order valence-electron chi connectivity index (χ4n) is 2.03. The van der Waals surface area contributed by atoms with Gasteiger partial charge in [0.2, 0.25) is 0 Å². The van der Waals surface area contributed by atoms with Gasteiger partial charge in [0, 0.05) is 12.6 Å². The summed E-state index contributed by atoms with van der Waals surface area (Å²) in [6.45, 7) is 0.800. The van der Waals surface area contributed by atoms with Gasteiger partial charge in [0.15, 0.2) is 0 Å². The first-order valence-electron chi connectivity index (χ1n) is 6.02. The lowest BCUT2D eigenvalue weighted by Gasteiger charge is -2.09. The number of thiol groups is 1. The average Bonchev–Trinajstić information content (AvgIpc) is 2.37. The molecule has 90 valence electrons. The van der Waals surface area contributed by atoms with Crippen LogP contribution in [0.3, 0.4) is 0 Å². The van der Waals surface area contributed by atoms with E-state index in [-0.39, 0.29) is 5.56 Å². The monoisotopic (exact) mass is 247 g/mol. The molecule has 0 amide bonds. The third kappa shape index (κ3) is 2.91. The Morgan fingerprint density at radius 3 is 2.65 bits per heavy atom. The first-order chi connectivity index (χ1) is 8.33. The van der Waals surface area contributed by atoms with E-state index in [1.54, 1.807) is 6.07 Å². The van der Waals surface area contributed by atoms with Crippen LogP contribution in [-0.2, 0) is 6.54 Å². The minimum absolute atomic E-state index is 0.0922. The largest absolute Gasteiger partial charge is 0.308 e. The zero-order valence-electron chi connectivity index (χ0n) is 9.80. The number of unbranched alkanes of at least 4 members (excludes halogenated alkanes) is 2. The molecule has 0 saturated carbocycles. The molecule has 3 heteroatoms. The quantitative estimate of drug-likeness (QED) is 0.636. The summed E-state index contributed by atoms with van der Waals surface area (Å²) in [5.41, 5.74) is 1.13. The molecule has 0 bridgehead atoms. The van der Waals surface area contributed by atoms with Crippen LogP contribution in [0.2, 0.25) is 0 Å². The molecule has 0 N–H and O–H groups in total. The molecule has 1 aromatic heterocycles. The number of fused-ring (bicyclic) bond motifs is 1. The second-order valence-electron chi connectivity index (χ2n) is 4.17. The Kier molecular flexibility index (Phi) is 4.26. The van der Waals surface area contributed by atoms with Crippen LogP contribution >= 0.6 is 12.6 Å². The molecule has 0 aliphatic rings. The molecule has 0 saturated heterocycles. The molecule has 0 atom stereocenters. The van der Waals surface area contributed by atoms with Gasteiger partial charge < -0.3 is 4.57 Å². The normalized spacial score (nSPS) is 10.9. The predicted molar refractivity (Wildman–Crippen MR) is 75.9 cm³/mol. The summed E-state index contributed by atoms with van der Waals surface area (Å²) in [5, 5.41) is 1.13. The number of aryl methyl sites for hydroxylation is 1. The van der Waals surface area contributed by atoms with Crippen molar-refractivity contribution in [2.75, 3.05) is 5.75 Å². The minimum Gasteiger partial charge on any atom is -0.308 e. The van der Waals surface area contributed by atoms with Crippen LogP contribution in [-0.4, -0.2) is 10.3 Å². The maximum absolute atomic E-state index is 11.8. The highest BCUT2D eigenvalue weighted by atomic mass is 32.1. The topological polar surface area (TPSA) is 22.0 Å². The van der Waals surface area contributed by atoms with Gasteiger partial charge in [-0.05, 0) is 36.1 Å². The molecule has 17 heavy (non-hydrogen) atoms. The number of hydrogen-bond acceptors (Lipinski definition) is 2. The second-order valence-corrected chi connectivity index (χ2v) is 4.61. The van der Waals surface area contributed by atoms with Gasteiger partial charge in [0.05, 0.1) is 5.52 Å². The highest BCUT2D eigenvalue weighted by Gasteiger charge is 2.01. The summed E-state index contributed by atoms with van der Waals surface area (Å²) in [4.78, 5) is 11.8. The van der Waals surface area contributed by atoms with E-state index in [1.165, 1.54) is 0 Å². The first-order valence-corrected chi connectivity index (χ1v) is 6.65. The van der Waals surface area contributed by atoms with Crippen molar-refractivity contribution in [1.29, 1.82) is 0 Å². The Bertz CT molecular complexity index is 547. The number of rotatable bonds is 5. The van der Waals surface area contributed by atoms with Gasteiger partial charge in [0.1, 0.15) is 0 Å². The number of aromatic nitrogens is 1. The summed E-state index contributed by atoms with van der Waals surface area (Å²) in [5.74, 6) is 0.921. The second kappa shape index (κ2) is 5.92. The van der Waals surface area contributed by atoms with E-state index in [1.807, 2.05) is 34.9 Å². The van der Waals surface area contributed by atoms with Crippen LogP contribution in [0.4, 0.5) is 0 Å². The summed E-state index contributed by atoms with van der Waals surface area (Å²) >= 11 is 4.19. The first kappa shape index (κ1) is 12.2. The highest BCUT2D eigenvalue weighted by Crippen LogP contribution is 2.11. The third-order valence-corrected chi connectivity index (χ3v) is 3.26. The number of para-hydroxylation sites is 1. The molecule has 0 spiro atoms. The third-order valence-electron chi connectivity index (χ3n) is 2.94. The van der Waals surface area contributed by atoms with Crippen molar-refractivity contribution in [3.05, 3.63) is 46.8 Å². The van der Waals surface area contributed by atoms with Crippen LogP contribution in [0, 0.1) is 0 Å². The fraction of sp³-hybridized carbons (Fsp3) is 0.357. The van der Waals surface area contributed by atoms with Crippen molar-refractivity contribution in [3.63, 3.8) is 0 Å². The molecular weight excluding hydrogens is 230 g/mol. The summed E-state index contributed by atoms with van der Waals surface area (Å²) < 4.78 is 1.87. The zero-order valence-corrected chi connectivity index (χ0v) is 10.7. The molecule has 2 aromatic rings. The smallest absolute Gasteiger partial charge is 0.251 e. The molecule has 0 radical (unpaired) electrons. The van der Waals surface area contributed by atoms with E-state index < -0.39 is 0 Å². The van der Waals surface area contributed by atoms with E-state index in [0.717, 1.165) is 42.5 Å². The van der Waals surface area contributed by atoms with E-state index in [2.05, 4.69) is 12.6 Å². The van der Waals surface area contributed by atoms with Crippen LogP contribution < -0.4 is 5.56 Å². The van der Waals surface area contributed by atoms with Crippen molar-refractivity contribution >= 4 is 23.5 Å².